The maximum atomic E-state index is 10.1. The molecule has 1 saturated heterocycles. The quantitative estimate of drug-likeness (QED) is 0.886. The molecule has 1 aliphatic heterocycles. The molecule has 106 valence electrons. The van der Waals surface area contributed by atoms with Crippen LogP contribution < -0.4 is 4.74 Å². The van der Waals surface area contributed by atoms with Crippen molar-refractivity contribution < 1.29 is 9.84 Å². The Morgan fingerprint density at radius 2 is 2.32 bits per heavy atom. The lowest BCUT2D eigenvalue weighted by atomic mass is 10.0. The van der Waals surface area contributed by atoms with Gasteiger partial charge in [-0.3, -0.25) is 0 Å². The first-order chi connectivity index (χ1) is 9.13. The predicted molar refractivity (Wildman–Crippen MR) is 77.5 cm³/mol. The molecular formula is C16H25NO2. The second-order valence-electron chi connectivity index (χ2n) is 5.79. The summed E-state index contributed by atoms with van der Waals surface area (Å²) in [6, 6.07) is 7.94. The van der Waals surface area contributed by atoms with Gasteiger partial charge in [-0.25, -0.2) is 0 Å². The Hall–Kier alpha value is -1.06. The van der Waals surface area contributed by atoms with Gasteiger partial charge in [-0.15, -0.1) is 0 Å². The van der Waals surface area contributed by atoms with Gasteiger partial charge < -0.3 is 14.7 Å². The summed E-state index contributed by atoms with van der Waals surface area (Å²) < 4.78 is 5.64. The van der Waals surface area contributed by atoms with Gasteiger partial charge in [0.15, 0.2) is 0 Å². The molecule has 0 aliphatic carbocycles. The van der Waals surface area contributed by atoms with Gasteiger partial charge in [0.1, 0.15) is 18.5 Å². The van der Waals surface area contributed by atoms with Gasteiger partial charge in [0, 0.05) is 13.1 Å². The Morgan fingerprint density at radius 3 is 3.05 bits per heavy atom. The number of β-amino-alcohol motifs (C(OH)–C–C–N with tert-alkyl or cyclic N) is 1. The van der Waals surface area contributed by atoms with Gasteiger partial charge in [-0.05, 0) is 49.9 Å². The van der Waals surface area contributed by atoms with Crippen LogP contribution in [0.3, 0.4) is 0 Å². The Balaban J connectivity index is 1.73. The number of ether oxygens (including phenoxy) is 1. The lowest BCUT2D eigenvalue weighted by Gasteiger charge is -2.32. The van der Waals surface area contributed by atoms with Crippen LogP contribution in [0.15, 0.2) is 24.3 Å². The molecule has 0 saturated carbocycles. The zero-order chi connectivity index (χ0) is 13.7. The van der Waals surface area contributed by atoms with E-state index < -0.39 is 6.10 Å². The average Bonchev–Trinajstić information content (AvgIpc) is 2.36. The van der Waals surface area contributed by atoms with E-state index in [9.17, 15) is 5.11 Å². The Kier molecular flexibility index (Phi) is 5.23. The van der Waals surface area contributed by atoms with Gasteiger partial charge in [0.25, 0.3) is 0 Å². The van der Waals surface area contributed by atoms with Crippen LogP contribution in [0.4, 0.5) is 0 Å². The Labute approximate surface area is 116 Å². The molecule has 1 aromatic rings. The summed E-state index contributed by atoms with van der Waals surface area (Å²) in [6.07, 6.45) is 2.14. The van der Waals surface area contributed by atoms with Crippen LogP contribution in [0, 0.1) is 12.8 Å². The Morgan fingerprint density at radius 1 is 1.47 bits per heavy atom. The molecular weight excluding hydrogens is 238 g/mol. The van der Waals surface area contributed by atoms with E-state index in [2.05, 4.69) is 11.8 Å². The number of rotatable bonds is 5. The number of likely N-dealkylation sites (tertiary alicyclic amines) is 1. The summed E-state index contributed by atoms with van der Waals surface area (Å²) in [7, 11) is 0. The normalized spacial score (nSPS) is 22.2. The molecule has 19 heavy (non-hydrogen) atoms. The molecule has 0 spiro atoms. The van der Waals surface area contributed by atoms with Gasteiger partial charge in [-0.2, -0.15) is 0 Å². The van der Waals surface area contributed by atoms with Crippen LogP contribution in [-0.4, -0.2) is 42.4 Å². The summed E-state index contributed by atoms with van der Waals surface area (Å²) >= 11 is 0. The van der Waals surface area contributed by atoms with Crippen molar-refractivity contribution in [1.82, 2.24) is 4.90 Å². The number of hydrogen-bond donors (Lipinski definition) is 1. The molecule has 1 fully saturated rings. The highest BCUT2D eigenvalue weighted by atomic mass is 16.5. The molecule has 3 heteroatoms. The fourth-order valence-electron chi connectivity index (χ4n) is 2.70. The van der Waals surface area contributed by atoms with Crippen LogP contribution in [0.25, 0.3) is 0 Å². The highest BCUT2D eigenvalue weighted by molar-refractivity contribution is 5.27. The van der Waals surface area contributed by atoms with Crippen LogP contribution in [0.2, 0.25) is 0 Å². The maximum Gasteiger partial charge on any atom is 0.119 e. The van der Waals surface area contributed by atoms with E-state index >= 15 is 0 Å². The third-order valence-electron chi connectivity index (χ3n) is 3.64. The number of nitrogens with zero attached hydrogens (tertiary/aromatic N) is 1. The molecule has 1 aromatic carbocycles. The molecule has 0 unspecified atom stereocenters. The number of piperidine rings is 1. The van der Waals surface area contributed by atoms with Crippen molar-refractivity contribution in [3.8, 4) is 5.75 Å². The van der Waals surface area contributed by atoms with Crippen molar-refractivity contribution in [3.63, 3.8) is 0 Å². The minimum absolute atomic E-state index is 0.369. The molecule has 1 N–H and O–H groups in total. The number of aliphatic hydroxyl groups excluding tert-OH is 1. The number of benzene rings is 1. The smallest absolute Gasteiger partial charge is 0.119 e. The average molecular weight is 263 g/mol. The summed E-state index contributed by atoms with van der Waals surface area (Å²) in [5, 5.41) is 10.1. The van der Waals surface area contributed by atoms with Crippen LogP contribution in [0.1, 0.15) is 25.3 Å². The SMILES string of the molecule is Cc1cccc(OC[C@@H](O)CN2CCC[C@H](C)C2)c1. The van der Waals surface area contributed by atoms with Crippen molar-refractivity contribution in [3.05, 3.63) is 29.8 Å². The predicted octanol–water partition coefficient (Wildman–Crippen LogP) is 2.47. The maximum absolute atomic E-state index is 10.1. The topological polar surface area (TPSA) is 32.7 Å². The minimum atomic E-state index is -0.411. The lowest BCUT2D eigenvalue weighted by molar-refractivity contribution is 0.0537. The van der Waals surface area contributed by atoms with Crippen molar-refractivity contribution >= 4 is 0 Å². The van der Waals surface area contributed by atoms with E-state index in [0.717, 1.165) is 31.3 Å². The number of hydrogen-bond acceptors (Lipinski definition) is 3. The third kappa shape index (κ3) is 4.84. The lowest BCUT2D eigenvalue weighted by Crippen LogP contribution is -2.41. The molecule has 1 heterocycles. The minimum Gasteiger partial charge on any atom is -0.491 e. The molecule has 0 amide bonds. The van der Waals surface area contributed by atoms with Crippen molar-refractivity contribution in [2.75, 3.05) is 26.2 Å². The van der Waals surface area contributed by atoms with Crippen molar-refractivity contribution in [2.45, 2.75) is 32.8 Å². The fraction of sp³-hybridized carbons (Fsp3) is 0.625. The van der Waals surface area contributed by atoms with E-state index in [1.165, 1.54) is 18.4 Å². The zero-order valence-electron chi connectivity index (χ0n) is 12.0. The van der Waals surface area contributed by atoms with E-state index in [-0.39, 0.29) is 0 Å². The first-order valence-electron chi connectivity index (χ1n) is 7.23. The van der Waals surface area contributed by atoms with Crippen molar-refractivity contribution in [1.29, 1.82) is 0 Å². The monoisotopic (exact) mass is 263 g/mol. The van der Waals surface area contributed by atoms with Crippen LogP contribution in [-0.2, 0) is 0 Å². The molecule has 1 aliphatic rings. The highest BCUT2D eigenvalue weighted by Crippen LogP contribution is 2.16. The van der Waals surface area contributed by atoms with Crippen molar-refractivity contribution in [2.24, 2.45) is 5.92 Å². The molecule has 2 atom stereocenters. The number of aliphatic hydroxyl groups is 1. The molecule has 0 radical (unpaired) electrons. The summed E-state index contributed by atoms with van der Waals surface area (Å²) in [5.74, 6) is 1.59. The van der Waals surface area contributed by atoms with Gasteiger partial charge in [-0.1, -0.05) is 19.1 Å². The molecule has 3 nitrogen and oxygen atoms in total. The van der Waals surface area contributed by atoms with Crippen LogP contribution in [0.5, 0.6) is 5.75 Å². The highest BCUT2D eigenvalue weighted by Gasteiger charge is 2.19. The summed E-state index contributed by atoms with van der Waals surface area (Å²) in [5.41, 5.74) is 1.18. The zero-order valence-corrected chi connectivity index (χ0v) is 12.0. The van der Waals surface area contributed by atoms with Gasteiger partial charge in [0.2, 0.25) is 0 Å². The summed E-state index contributed by atoms with van der Waals surface area (Å²) in [6.45, 7) is 7.61. The third-order valence-corrected chi connectivity index (χ3v) is 3.64. The molecule has 0 aromatic heterocycles. The summed E-state index contributed by atoms with van der Waals surface area (Å²) in [4.78, 5) is 2.35. The first-order valence-corrected chi connectivity index (χ1v) is 7.23. The largest absolute Gasteiger partial charge is 0.491 e. The molecule has 0 bridgehead atoms. The molecule has 2 rings (SSSR count). The van der Waals surface area contributed by atoms with E-state index in [4.69, 9.17) is 4.74 Å². The number of aryl methyl sites for hydroxylation is 1. The Bertz CT molecular complexity index is 394. The van der Waals surface area contributed by atoms with E-state index in [1.54, 1.807) is 0 Å². The standard InChI is InChI=1S/C16H25NO2/c1-13-5-3-7-16(9-13)19-12-15(18)11-17-8-4-6-14(2)10-17/h3,5,7,9,14-15,18H,4,6,8,10-12H2,1-2H3/t14-,15-/m0/s1. The fourth-order valence-corrected chi connectivity index (χ4v) is 2.70. The second-order valence-corrected chi connectivity index (χ2v) is 5.79. The van der Waals surface area contributed by atoms with Gasteiger partial charge >= 0.3 is 0 Å². The van der Waals surface area contributed by atoms with E-state index in [0.29, 0.717) is 6.61 Å². The van der Waals surface area contributed by atoms with E-state index in [1.807, 2.05) is 31.2 Å². The van der Waals surface area contributed by atoms with Crippen LogP contribution >= 0.6 is 0 Å². The second kappa shape index (κ2) is 6.92. The van der Waals surface area contributed by atoms with Gasteiger partial charge in [0.05, 0.1) is 0 Å². The first kappa shape index (κ1) is 14.4.